The minimum Gasteiger partial charge on any atom is -0.396 e. The summed E-state index contributed by atoms with van der Waals surface area (Å²) >= 11 is 1.96. The molecule has 0 aliphatic carbocycles. The van der Waals surface area contributed by atoms with Crippen LogP contribution in [0.15, 0.2) is 4.99 Å². The first kappa shape index (κ1) is 17.3. The fourth-order valence-electron chi connectivity index (χ4n) is 2.31. The molecule has 0 radical (unpaired) electrons. The summed E-state index contributed by atoms with van der Waals surface area (Å²) in [5, 5.41) is 9.58. The molecule has 2 rings (SSSR count). The maximum atomic E-state index is 9.58. The number of nitrogens with zero attached hydrogens (tertiary/aromatic N) is 2. The number of thioether (sulfide) groups is 1. The van der Waals surface area contributed by atoms with E-state index >= 15 is 0 Å². The van der Waals surface area contributed by atoms with E-state index in [1.807, 2.05) is 11.8 Å². The summed E-state index contributed by atoms with van der Waals surface area (Å²) < 4.78 is 5.35. The number of aliphatic hydroxyl groups is 1. The molecular weight excluding hydrogens is 377 g/mol. The summed E-state index contributed by atoms with van der Waals surface area (Å²) in [4.78, 5) is 6.65. The number of hydrogen-bond donors (Lipinski definition) is 2. The molecule has 3 N–H and O–H groups in total. The van der Waals surface area contributed by atoms with Crippen molar-refractivity contribution >= 4 is 41.7 Å². The second-order valence-electron chi connectivity index (χ2n) is 5.04. The van der Waals surface area contributed by atoms with Crippen molar-refractivity contribution in [2.75, 3.05) is 51.0 Å². The fourth-order valence-corrected chi connectivity index (χ4v) is 3.21. The van der Waals surface area contributed by atoms with Gasteiger partial charge in [0.25, 0.3) is 0 Å². The minimum atomic E-state index is -0.118. The highest BCUT2D eigenvalue weighted by Crippen LogP contribution is 2.30. The number of halogens is 1. The van der Waals surface area contributed by atoms with Crippen molar-refractivity contribution in [2.24, 2.45) is 16.1 Å². The average Bonchev–Trinajstić information content (AvgIpc) is 2.47. The van der Waals surface area contributed by atoms with Gasteiger partial charge in [0.05, 0.1) is 13.2 Å². The molecule has 7 heteroatoms. The van der Waals surface area contributed by atoms with Crippen LogP contribution in [0.2, 0.25) is 0 Å². The number of ether oxygens (including phenoxy) is 1. The minimum absolute atomic E-state index is 0. The van der Waals surface area contributed by atoms with Gasteiger partial charge in [0, 0.05) is 43.2 Å². The molecule has 19 heavy (non-hydrogen) atoms. The van der Waals surface area contributed by atoms with Gasteiger partial charge in [0.1, 0.15) is 0 Å². The van der Waals surface area contributed by atoms with E-state index in [1.54, 1.807) is 0 Å². The Bertz CT molecular complexity index is 293. The van der Waals surface area contributed by atoms with E-state index in [2.05, 4.69) is 9.89 Å². The summed E-state index contributed by atoms with van der Waals surface area (Å²) in [7, 11) is 0. The van der Waals surface area contributed by atoms with Gasteiger partial charge < -0.3 is 20.5 Å². The number of nitrogens with two attached hydrogens (primary N) is 1. The second-order valence-corrected chi connectivity index (χ2v) is 6.27. The first-order valence-electron chi connectivity index (χ1n) is 6.57. The van der Waals surface area contributed by atoms with Gasteiger partial charge in [-0.2, -0.15) is 11.8 Å². The fraction of sp³-hybridized carbons (Fsp3) is 0.917. The molecule has 2 aliphatic heterocycles. The molecule has 0 atom stereocenters. The quantitative estimate of drug-likeness (QED) is 0.415. The molecule has 0 saturated carbocycles. The molecule has 5 nitrogen and oxygen atoms in total. The van der Waals surface area contributed by atoms with Crippen molar-refractivity contribution in [3.05, 3.63) is 0 Å². The summed E-state index contributed by atoms with van der Waals surface area (Å²) in [5.74, 6) is 2.87. The third kappa shape index (κ3) is 4.95. The Hall–Kier alpha value is 0.270. The maximum absolute atomic E-state index is 9.58. The topological polar surface area (TPSA) is 71.1 Å². The zero-order chi connectivity index (χ0) is 12.8. The zero-order valence-electron chi connectivity index (χ0n) is 11.2. The predicted octanol–water partition coefficient (Wildman–Crippen LogP) is 0.757. The molecule has 0 spiro atoms. The lowest BCUT2D eigenvalue weighted by Gasteiger charge is -2.34. The van der Waals surface area contributed by atoms with Crippen molar-refractivity contribution in [3.63, 3.8) is 0 Å². The van der Waals surface area contributed by atoms with Gasteiger partial charge in [-0.15, -0.1) is 24.0 Å². The number of rotatable bonds is 3. The Balaban J connectivity index is 0.00000180. The molecular formula is C12H24IN3O2S. The molecule has 2 heterocycles. The Morgan fingerprint density at radius 2 is 1.95 bits per heavy atom. The van der Waals surface area contributed by atoms with Gasteiger partial charge in [0.15, 0.2) is 5.96 Å². The van der Waals surface area contributed by atoms with E-state index in [0.29, 0.717) is 12.5 Å². The molecule has 112 valence electrons. The van der Waals surface area contributed by atoms with Crippen molar-refractivity contribution in [3.8, 4) is 0 Å². The van der Waals surface area contributed by atoms with Crippen molar-refractivity contribution in [2.45, 2.75) is 12.8 Å². The third-order valence-electron chi connectivity index (χ3n) is 3.80. The van der Waals surface area contributed by atoms with Gasteiger partial charge in [-0.1, -0.05) is 0 Å². The molecule has 0 unspecified atom stereocenters. The van der Waals surface area contributed by atoms with E-state index in [1.165, 1.54) is 0 Å². The van der Waals surface area contributed by atoms with Crippen LogP contribution in [0.5, 0.6) is 0 Å². The Morgan fingerprint density at radius 1 is 1.32 bits per heavy atom. The van der Waals surface area contributed by atoms with Crippen LogP contribution >= 0.6 is 35.7 Å². The maximum Gasteiger partial charge on any atom is 0.191 e. The van der Waals surface area contributed by atoms with E-state index in [0.717, 1.165) is 50.7 Å². The monoisotopic (exact) mass is 401 g/mol. The molecule has 0 aromatic carbocycles. The molecule has 2 fully saturated rings. The molecule has 0 amide bonds. The highest BCUT2D eigenvalue weighted by atomic mass is 127. The van der Waals surface area contributed by atoms with E-state index in [-0.39, 0.29) is 36.0 Å². The first-order valence-corrected chi connectivity index (χ1v) is 7.72. The Morgan fingerprint density at radius 3 is 2.53 bits per heavy atom. The number of aliphatic imine (C=N–C) groups is 1. The highest BCUT2D eigenvalue weighted by molar-refractivity contribution is 14.0. The lowest BCUT2D eigenvalue weighted by atomic mass is 9.81. The summed E-state index contributed by atoms with van der Waals surface area (Å²) in [5.41, 5.74) is 5.92. The number of guanidine groups is 1. The molecule has 0 aromatic heterocycles. The molecule has 2 saturated heterocycles. The number of aliphatic hydroxyl groups excluding tert-OH is 1. The van der Waals surface area contributed by atoms with Gasteiger partial charge in [-0.25, -0.2) is 0 Å². The van der Waals surface area contributed by atoms with Crippen LogP contribution in [0.4, 0.5) is 0 Å². The second kappa shape index (κ2) is 8.53. The standard InChI is InChI=1S/C12H23N3O2S.HI/c13-11(15-3-7-18-8-4-15)14-9-12(10-16)1-5-17-6-2-12;/h16H,1-10H2,(H2,13,14);1H. The van der Waals surface area contributed by atoms with E-state index < -0.39 is 0 Å². The highest BCUT2D eigenvalue weighted by Gasteiger charge is 2.32. The lowest BCUT2D eigenvalue weighted by Crippen LogP contribution is -2.44. The predicted molar refractivity (Wildman–Crippen MR) is 90.4 cm³/mol. The van der Waals surface area contributed by atoms with Gasteiger partial charge >= 0.3 is 0 Å². The van der Waals surface area contributed by atoms with Crippen molar-refractivity contribution in [1.82, 2.24) is 4.90 Å². The van der Waals surface area contributed by atoms with Crippen LogP contribution < -0.4 is 5.73 Å². The van der Waals surface area contributed by atoms with Crippen LogP contribution in [0.3, 0.4) is 0 Å². The molecule has 2 aliphatic rings. The van der Waals surface area contributed by atoms with Crippen molar-refractivity contribution in [1.29, 1.82) is 0 Å². The van der Waals surface area contributed by atoms with E-state index in [9.17, 15) is 5.11 Å². The normalized spacial score (nSPS) is 23.8. The van der Waals surface area contributed by atoms with Gasteiger partial charge in [0.2, 0.25) is 0 Å². The zero-order valence-corrected chi connectivity index (χ0v) is 14.4. The van der Waals surface area contributed by atoms with Gasteiger partial charge in [-0.05, 0) is 12.8 Å². The number of hydrogen-bond acceptors (Lipinski definition) is 4. The molecule has 0 aromatic rings. The summed E-state index contributed by atoms with van der Waals surface area (Å²) in [6, 6.07) is 0. The largest absolute Gasteiger partial charge is 0.396 e. The van der Waals surface area contributed by atoms with E-state index in [4.69, 9.17) is 10.5 Å². The first-order chi connectivity index (χ1) is 8.76. The molecule has 0 bridgehead atoms. The Kier molecular flexibility index (Phi) is 7.78. The smallest absolute Gasteiger partial charge is 0.191 e. The van der Waals surface area contributed by atoms with Crippen LogP contribution in [0.25, 0.3) is 0 Å². The lowest BCUT2D eigenvalue weighted by molar-refractivity contribution is -0.0106. The SMILES string of the molecule is I.NC(=NCC1(CO)CCOCC1)N1CCSCC1. The third-order valence-corrected chi connectivity index (χ3v) is 4.74. The van der Waals surface area contributed by atoms with Crippen LogP contribution in [0.1, 0.15) is 12.8 Å². The van der Waals surface area contributed by atoms with Crippen LogP contribution in [0, 0.1) is 5.41 Å². The average molecular weight is 401 g/mol. The van der Waals surface area contributed by atoms with Gasteiger partial charge in [-0.3, -0.25) is 4.99 Å². The summed E-state index contributed by atoms with van der Waals surface area (Å²) in [6.07, 6.45) is 1.74. The van der Waals surface area contributed by atoms with Crippen LogP contribution in [-0.4, -0.2) is 66.9 Å². The summed E-state index contributed by atoms with van der Waals surface area (Å²) in [6.45, 7) is 4.18. The Labute approximate surface area is 136 Å². The van der Waals surface area contributed by atoms with Crippen molar-refractivity contribution < 1.29 is 9.84 Å². The van der Waals surface area contributed by atoms with Crippen LogP contribution in [-0.2, 0) is 4.74 Å².